The number of amides is 1. The van der Waals surface area contributed by atoms with Gasteiger partial charge in [-0.3, -0.25) is 9.80 Å². The zero-order valence-electron chi connectivity index (χ0n) is 7.69. The van der Waals surface area contributed by atoms with Gasteiger partial charge < -0.3 is 4.98 Å². The number of nitrogens with zero attached hydrogens (tertiary/aromatic N) is 2. The number of imidazole rings is 1. The molecule has 0 saturated heterocycles. The molecule has 0 aliphatic carbocycles. The van der Waals surface area contributed by atoms with E-state index in [0.29, 0.717) is 5.56 Å². The molecule has 0 bridgehead atoms. The van der Waals surface area contributed by atoms with Gasteiger partial charge in [0.05, 0.1) is 17.4 Å². The van der Waals surface area contributed by atoms with Gasteiger partial charge in [0.1, 0.15) is 0 Å². The SMILES string of the molecule is CN(N)C(=O)c1ccc2nc[nH]c2c1. The molecular formula is C9H10N4O. The van der Waals surface area contributed by atoms with E-state index in [4.69, 9.17) is 5.84 Å². The number of carbonyl (C=O) groups excluding carboxylic acids is 1. The largest absolute Gasteiger partial charge is 0.345 e. The van der Waals surface area contributed by atoms with E-state index in [9.17, 15) is 4.79 Å². The zero-order valence-corrected chi connectivity index (χ0v) is 7.69. The second kappa shape index (κ2) is 3.12. The Kier molecular flexibility index (Phi) is 1.94. The van der Waals surface area contributed by atoms with Crippen LogP contribution >= 0.6 is 0 Å². The van der Waals surface area contributed by atoms with Crippen LogP contribution in [0.25, 0.3) is 11.0 Å². The van der Waals surface area contributed by atoms with Crippen molar-refractivity contribution in [3.63, 3.8) is 0 Å². The van der Waals surface area contributed by atoms with Crippen molar-refractivity contribution >= 4 is 16.9 Å². The van der Waals surface area contributed by atoms with Crippen molar-refractivity contribution in [1.82, 2.24) is 15.0 Å². The Morgan fingerprint density at radius 2 is 2.36 bits per heavy atom. The van der Waals surface area contributed by atoms with Crippen LogP contribution in [0.1, 0.15) is 10.4 Å². The third kappa shape index (κ3) is 1.33. The minimum atomic E-state index is -0.221. The van der Waals surface area contributed by atoms with E-state index < -0.39 is 0 Å². The van der Waals surface area contributed by atoms with Crippen LogP contribution in [0.2, 0.25) is 0 Å². The van der Waals surface area contributed by atoms with E-state index in [0.717, 1.165) is 16.0 Å². The highest BCUT2D eigenvalue weighted by Gasteiger charge is 2.09. The number of fused-ring (bicyclic) bond motifs is 1. The van der Waals surface area contributed by atoms with Gasteiger partial charge in [-0.2, -0.15) is 0 Å². The molecule has 2 rings (SSSR count). The van der Waals surface area contributed by atoms with E-state index in [1.165, 1.54) is 7.05 Å². The van der Waals surface area contributed by atoms with Crippen LogP contribution in [-0.4, -0.2) is 27.9 Å². The molecule has 3 N–H and O–H groups in total. The number of aromatic nitrogens is 2. The fourth-order valence-corrected chi connectivity index (χ4v) is 1.27. The zero-order chi connectivity index (χ0) is 10.1. The first kappa shape index (κ1) is 8.71. The number of aromatic amines is 1. The molecule has 72 valence electrons. The van der Waals surface area contributed by atoms with Gasteiger partial charge in [0.25, 0.3) is 5.91 Å². The number of carbonyl (C=O) groups is 1. The number of H-pyrrole nitrogens is 1. The average molecular weight is 190 g/mol. The normalized spacial score (nSPS) is 10.4. The Bertz CT molecular complexity index is 474. The van der Waals surface area contributed by atoms with Crippen molar-refractivity contribution < 1.29 is 4.79 Å². The van der Waals surface area contributed by atoms with Crippen molar-refractivity contribution in [1.29, 1.82) is 0 Å². The monoisotopic (exact) mass is 190 g/mol. The maximum absolute atomic E-state index is 11.5. The summed E-state index contributed by atoms with van der Waals surface area (Å²) in [6.45, 7) is 0. The second-order valence-electron chi connectivity index (χ2n) is 3.05. The van der Waals surface area contributed by atoms with Crippen molar-refractivity contribution in [2.75, 3.05) is 7.05 Å². The average Bonchev–Trinajstić information content (AvgIpc) is 2.62. The lowest BCUT2D eigenvalue weighted by molar-refractivity contribution is 0.0795. The summed E-state index contributed by atoms with van der Waals surface area (Å²) in [5.74, 6) is 5.12. The number of nitrogens with two attached hydrogens (primary N) is 1. The van der Waals surface area contributed by atoms with Crippen molar-refractivity contribution in [2.45, 2.75) is 0 Å². The number of rotatable bonds is 1. The molecule has 5 heteroatoms. The van der Waals surface area contributed by atoms with Crippen LogP contribution in [0.15, 0.2) is 24.5 Å². The van der Waals surface area contributed by atoms with Crippen molar-refractivity contribution in [3.8, 4) is 0 Å². The first-order chi connectivity index (χ1) is 6.68. The molecule has 5 nitrogen and oxygen atoms in total. The molecule has 0 radical (unpaired) electrons. The summed E-state index contributed by atoms with van der Waals surface area (Å²) >= 11 is 0. The third-order valence-electron chi connectivity index (χ3n) is 1.99. The fourth-order valence-electron chi connectivity index (χ4n) is 1.27. The Balaban J connectivity index is 2.48. The van der Waals surface area contributed by atoms with E-state index in [2.05, 4.69) is 9.97 Å². The van der Waals surface area contributed by atoms with Gasteiger partial charge in [0, 0.05) is 12.6 Å². The van der Waals surface area contributed by atoms with Crippen LogP contribution in [0, 0.1) is 0 Å². The van der Waals surface area contributed by atoms with Crippen LogP contribution in [-0.2, 0) is 0 Å². The maximum Gasteiger partial charge on any atom is 0.267 e. The minimum absolute atomic E-state index is 0.221. The Morgan fingerprint density at radius 1 is 1.57 bits per heavy atom. The molecule has 14 heavy (non-hydrogen) atoms. The highest BCUT2D eigenvalue weighted by molar-refractivity contribution is 5.96. The minimum Gasteiger partial charge on any atom is -0.345 e. The number of hydrogen-bond donors (Lipinski definition) is 2. The predicted octanol–water partition coefficient (Wildman–Crippen LogP) is 0.509. The molecule has 0 atom stereocenters. The first-order valence-electron chi connectivity index (χ1n) is 4.14. The molecule has 0 saturated carbocycles. The number of hydrazine groups is 1. The van der Waals surface area contributed by atoms with Gasteiger partial charge in [-0.25, -0.2) is 10.8 Å². The highest BCUT2D eigenvalue weighted by atomic mass is 16.2. The predicted molar refractivity (Wildman–Crippen MR) is 52.4 cm³/mol. The molecule has 1 aromatic heterocycles. The number of hydrogen-bond acceptors (Lipinski definition) is 3. The van der Waals surface area contributed by atoms with Gasteiger partial charge in [-0.05, 0) is 18.2 Å². The summed E-state index contributed by atoms with van der Waals surface area (Å²) in [5.41, 5.74) is 2.21. The first-order valence-corrected chi connectivity index (χ1v) is 4.14. The van der Waals surface area contributed by atoms with E-state index in [1.807, 2.05) is 0 Å². The quantitative estimate of drug-likeness (QED) is 0.391. The Labute approximate surface area is 80.5 Å². The summed E-state index contributed by atoms with van der Waals surface area (Å²) in [4.78, 5) is 18.5. The molecule has 0 fully saturated rings. The van der Waals surface area contributed by atoms with Crippen molar-refractivity contribution in [3.05, 3.63) is 30.1 Å². The van der Waals surface area contributed by atoms with Crippen LogP contribution < -0.4 is 5.84 Å². The molecule has 0 aliphatic rings. The third-order valence-corrected chi connectivity index (χ3v) is 1.99. The molecule has 1 amide bonds. The van der Waals surface area contributed by atoms with E-state index in [-0.39, 0.29) is 5.91 Å². The van der Waals surface area contributed by atoms with Gasteiger partial charge >= 0.3 is 0 Å². The van der Waals surface area contributed by atoms with Crippen LogP contribution in [0.5, 0.6) is 0 Å². The van der Waals surface area contributed by atoms with E-state index in [1.54, 1.807) is 24.5 Å². The molecule has 0 aliphatic heterocycles. The van der Waals surface area contributed by atoms with Crippen LogP contribution in [0.4, 0.5) is 0 Å². The lowest BCUT2D eigenvalue weighted by Crippen LogP contribution is -2.32. The number of benzene rings is 1. The summed E-state index contributed by atoms with van der Waals surface area (Å²) in [6.07, 6.45) is 1.59. The maximum atomic E-state index is 11.5. The fraction of sp³-hybridized carbons (Fsp3) is 0.111. The van der Waals surface area contributed by atoms with Gasteiger partial charge in [0.15, 0.2) is 0 Å². The highest BCUT2D eigenvalue weighted by Crippen LogP contribution is 2.12. The number of nitrogens with one attached hydrogen (secondary N) is 1. The summed E-state index contributed by atoms with van der Waals surface area (Å²) in [7, 11) is 1.51. The molecule has 0 unspecified atom stereocenters. The van der Waals surface area contributed by atoms with Gasteiger partial charge in [0.2, 0.25) is 0 Å². The van der Waals surface area contributed by atoms with Crippen molar-refractivity contribution in [2.24, 2.45) is 5.84 Å². The topological polar surface area (TPSA) is 75.0 Å². The molecule has 1 heterocycles. The van der Waals surface area contributed by atoms with E-state index >= 15 is 0 Å². The smallest absolute Gasteiger partial charge is 0.267 e. The molecule has 2 aromatic rings. The second-order valence-corrected chi connectivity index (χ2v) is 3.05. The standard InChI is InChI=1S/C9H10N4O/c1-13(10)9(14)6-2-3-7-8(4-6)12-5-11-7/h2-5H,10H2,1H3,(H,11,12). The lowest BCUT2D eigenvalue weighted by Gasteiger charge is -2.09. The molecular weight excluding hydrogens is 180 g/mol. The Hall–Kier alpha value is -1.88. The lowest BCUT2D eigenvalue weighted by atomic mass is 10.2. The van der Waals surface area contributed by atoms with Gasteiger partial charge in [-0.15, -0.1) is 0 Å². The summed E-state index contributed by atoms with van der Waals surface area (Å²) < 4.78 is 0. The van der Waals surface area contributed by atoms with Crippen LogP contribution in [0.3, 0.4) is 0 Å². The molecule has 1 aromatic carbocycles. The molecule has 0 spiro atoms. The Morgan fingerprint density at radius 3 is 3.07 bits per heavy atom. The van der Waals surface area contributed by atoms with Gasteiger partial charge in [-0.1, -0.05) is 0 Å². The summed E-state index contributed by atoms with van der Waals surface area (Å²) in [6, 6.07) is 5.21. The summed E-state index contributed by atoms with van der Waals surface area (Å²) in [5, 5.41) is 1.05.